The fourth-order valence-corrected chi connectivity index (χ4v) is 5.29. The van der Waals surface area contributed by atoms with E-state index in [1.165, 1.54) is 0 Å². The van der Waals surface area contributed by atoms with Crippen molar-refractivity contribution in [3.63, 3.8) is 0 Å². The molecule has 4 aromatic rings. The summed E-state index contributed by atoms with van der Waals surface area (Å²) in [5.41, 5.74) is 5.81. The zero-order valence-electron chi connectivity index (χ0n) is 21.7. The molecule has 0 radical (unpaired) electrons. The van der Waals surface area contributed by atoms with E-state index in [0.29, 0.717) is 11.7 Å². The van der Waals surface area contributed by atoms with E-state index in [-0.39, 0.29) is 24.4 Å². The number of benzene rings is 2. The molecule has 0 spiro atoms. The smallest absolute Gasteiger partial charge is 0.226 e. The van der Waals surface area contributed by atoms with Crippen molar-refractivity contribution in [1.29, 1.82) is 0 Å². The number of aryl methyl sites for hydroxylation is 2. The number of rotatable bonds is 8. The number of anilines is 1. The van der Waals surface area contributed by atoms with Gasteiger partial charge in [0.25, 0.3) is 0 Å². The van der Waals surface area contributed by atoms with Gasteiger partial charge < -0.3 is 24.8 Å². The second kappa shape index (κ2) is 11.1. The molecule has 0 aliphatic carbocycles. The quantitative estimate of drug-likeness (QED) is 0.296. The Balaban J connectivity index is 1.46. The van der Waals surface area contributed by atoms with Gasteiger partial charge in [-0.3, -0.25) is 9.78 Å². The van der Waals surface area contributed by atoms with Gasteiger partial charge in [-0.2, -0.15) is 0 Å². The maximum absolute atomic E-state index is 13.0. The van der Waals surface area contributed by atoms with E-state index in [1.54, 1.807) is 13.3 Å². The summed E-state index contributed by atoms with van der Waals surface area (Å²) >= 11 is 5.82. The molecule has 194 valence electrons. The Morgan fingerprint density at radius 1 is 1.08 bits per heavy atom. The van der Waals surface area contributed by atoms with Gasteiger partial charge in [0.15, 0.2) is 5.11 Å². The van der Waals surface area contributed by atoms with Crippen LogP contribution in [0.1, 0.15) is 41.0 Å². The van der Waals surface area contributed by atoms with Gasteiger partial charge in [0.2, 0.25) is 5.91 Å². The molecule has 1 aliphatic heterocycles. The number of aromatic nitrogens is 2. The lowest BCUT2D eigenvalue weighted by atomic mass is 10.0. The average molecular weight is 526 g/mol. The van der Waals surface area contributed by atoms with Crippen LogP contribution in [0, 0.1) is 13.8 Å². The Hall–Kier alpha value is -4.17. The molecule has 2 aromatic carbocycles. The van der Waals surface area contributed by atoms with Crippen LogP contribution in [0.15, 0.2) is 85.2 Å². The van der Waals surface area contributed by atoms with Gasteiger partial charge in [0.1, 0.15) is 5.75 Å². The molecule has 3 heterocycles. The highest BCUT2D eigenvalue weighted by atomic mass is 32.1. The van der Waals surface area contributed by atoms with Crippen LogP contribution in [0.25, 0.3) is 5.69 Å². The predicted octanol–water partition coefficient (Wildman–Crippen LogP) is 5.50. The topological polar surface area (TPSA) is 71.4 Å². The second-order valence-electron chi connectivity index (χ2n) is 9.41. The number of hydrogen-bond acceptors (Lipinski definition) is 4. The van der Waals surface area contributed by atoms with E-state index < -0.39 is 0 Å². The SMILES string of the molecule is COc1ccccc1-n1cccc1[C@H]1[C@H](c2ccccn2)NC(=S)N1CCC(=O)Nc1cc(C)ccc1C. The molecule has 2 N–H and O–H groups in total. The summed E-state index contributed by atoms with van der Waals surface area (Å²) in [4.78, 5) is 19.7. The largest absolute Gasteiger partial charge is 0.495 e. The van der Waals surface area contributed by atoms with Gasteiger partial charge in [-0.1, -0.05) is 30.3 Å². The Labute approximate surface area is 228 Å². The van der Waals surface area contributed by atoms with E-state index >= 15 is 0 Å². The highest BCUT2D eigenvalue weighted by Gasteiger charge is 2.41. The Morgan fingerprint density at radius 3 is 2.68 bits per heavy atom. The zero-order chi connectivity index (χ0) is 26.6. The highest BCUT2D eigenvalue weighted by Crippen LogP contribution is 2.40. The molecule has 5 rings (SSSR count). The first-order chi connectivity index (χ1) is 18.5. The van der Waals surface area contributed by atoms with Gasteiger partial charge in [0.05, 0.1) is 30.6 Å². The van der Waals surface area contributed by atoms with Crippen LogP contribution >= 0.6 is 12.2 Å². The van der Waals surface area contributed by atoms with Crippen molar-refractivity contribution >= 4 is 28.9 Å². The van der Waals surface area contributed by atoms with Crippen molar-refractivity contribution in [2.75, 3.05) is 19.0 Å². The number of thiocarbonyl (C=S) groups is 1. The molecule has 2 aromatic heterocycles. The third-order valence-corrected chi connectivity index (χ3v) is 7.23. The number of pyridine rings is 1. The van der Waals surface area contributed by atoms with Crippen molar-refractivity contribution in [2.45, 2.75) is 32.4 Å². The lowest BCUT2D eigenvalue weighted by Crippen LogP contribution is -2.33. The van der Waals surface area contributed by atoms with Crippen LogP contribution in [0.2, 0.25) is 0 Å². The maximum Gasteiger partial charge on any atom is 0.226 e. The maximum atomic E-state index is 13.0. The molecule has 1 fully saturated rings. The molecule has 7 nitrogen and oxygen atoms in total. The summed E-state index contributed by atoms with van der Waals surface area (Å²) in [7, 11) is 1.67. The summed E-state index contributed by atoms with van der Waals surface area (Å²) in [6, 6.07) is 23.6. The third-order valence-electron chi connectivity index (χ3n) is 6.87. The molecule has 0 saturated carbocycles. The minimum atomic E-state index is -0.189. The van der Waals surface area contributed by atoms with Crippen LogP contribution < -0.4 is 15.4 Å². The number of amides is 1. The molecular weight excluding hydrogens is 494 g/mol. The van der Waals surface area contributed by atoms with Crippen molar-refractivity contribution < 1.29 is 9.53 Å². The number of ether oxygens (including phenoxy) is 1. The summed E-state index contributed by atoms with van der Waals surface area (Å²) in [6.07, 6.45) is 4.10. The van der Waals surface area contributed by atoms with E-state index in [0.717, 1.165) is 39.6 Å². The van der Waals surface area contributed by atoms with Crippen LogP contribution in [-0.2, 0) is 4.79 Å². The second-order valence-corrected chi connectivity index (χ2v) is 9.80. The molecule has 1 aliphatic rings. The van der Waals surface area contributed by atoms with Crippen LogP contribution in [0.3, 0.4) is 0 Å². The average Bonchev–Trinajstić information content (AvgIpc) is 3.54. The molecule has 2 atom stereocenters. The number of para-hydroxylation sites is 2. The number of carbonyl (C=O) groups is 1. The number of hydrogen-bond donors (Lipinski definition) is 2. The first-order valence-corrected chi connectivity index (χ1v) is 13.0. The van der Waals surface area contributed by atoms with Gasteiger partial charge in [-0.25, -0.2) is 0 Å². The fraction of sp³-hybridized carbons (Fsp3) is 0.233. The number of carbonyl (C=O) groups excluding carboxylic acids is 1. The summed E-state index contributed by atoms with van der Waals surface area (Å²) in [5, 5.41) is 7.14. The van der Waals surface area contributed by atoms with Crippen molar-refractivity contribution in [1.82, 2.24) is 19.8 Å². The van der Waals surface area contributed by atoms with E-state index in [9.17, 15) is 4.79 Å². The highest BCUT2D eigenvalue weighted by molar-refractivity contribution is 7.80. The lowest BCUT2D eigenvalue weighted by molar-refractivity contribution is -0.116. The van der Waals surface area contributed by atoms with Gasteiger partial charge in [0, 0.05) is 36.7 Å². The minimum absolute atomic E-state index is 0.0540. The molecule has 8 heteroatoms. The fourth-order valence-electron chi connectivity index (χ4n) is 4.96. The number of methoxy groups -OCH3 is 1. The summed E-state index contributed by atoms with van der Waals surface area (Å²) < 4.78 is 7.78. The van der Waals surface area contributed by atoms with Crippen LogP contribution in [0.4, 0.5) is 5.69 Å². The molecule has 0 bridgehead atoms. The van der Waals surface area contributed by atoms with E-state index in [4.69, 9.17) is 17.0 Å². The normalized spacial score (nSPS) is 16.8. The zero-order valence-corrected chi connectivity index (χ0v) is 22.5. The standard InChI is InChI=1S/C30H31N5O2S/c1-20-13-14-21(2)23(19-20)32-27(36)15-18-35-29(28(33-30(35)38)22-9-6-7-16-31-22)25-11-8-17-34(25)24-10-4-5-12-26(24)37-3/h4-14,16-17,19,28-29H,15,18H2,1-3H3,(H,32,36)(H,33,38)/t28-,29-/m0/s1. The minimum Gasteiger partial charge on any atom is -0.495 e. The number of nitrogens with one attached hydrogen (secondary N) is 2. The Kier molecular flexibility index (Phi) is 7.42. The molecule has 0 unspecified atom stereocenters. The van der Waals surface area contributed by atoms with E-state index in [2.05, 4.69) is 31.2 Å². The number of nitrogens with zero attached hydrogens (tertiary/aromatic N) is 3. The molecular formula is C30H31N5O2S. The molecule has 38 heavy (non-hydrogen) atoms. The van der Waals surface area contributed by atoms with Crippen molar-refractivity contribution in [3.05, 3.63) is 108 Å². The third kappa shape index (κ3) is 5.13. The first kappa shape index (κ1) is 25.5. The van der Waals surface area contributed by atoms with Crippen molar-refractivity contribution in [3.8, 4) is 11.4 Å². The van der Waals surface area contributed by atoms with Gasteiger partial charge in [-0.15, -0.1) is 0 Å². The summed E-state index contributed by atoms with van der Waals surface area (Å²) in [5.74, 6) is 0.717. The monoisotopic (exact) mass is 525 g/mol. The molecule has 1 saturated heterocycles. The predicted molar refractivity (Wildman–Crippen MR) is 154 cm³/mol. The lowest BCUT2D eigenvalue weighted by Gasteiger charge is -2.29. The summed E-state index contributed by atoms with van der Waals surface area (Å²) in [6.45, 7) is 4.46. The van der Waals surface area contributed by atoms with Gasteiger partial charge >= 0.3 is 0 Å². The van der Waals surface area contributed by atoms with Crippen LogP contribution in [-0.4, -0.2) is 39.1 Å². The van der Waals surface area contributed by atoms with E-state index in [1.807, 2.05) is 86.8 Å². The van der Waals surface area contributed by atoms with Crippen LogP contribution in [0.5, 0.6) is 5.75 Å². The van der Waals surface area contributed by atoms with Gasteiger partial charge in [-0.05, 0) is 79.7 Å². The Bertz CT molecular complexity index is 1450. The Morgan fingerprint density at radius 2 is 1.89 bits per heavy atom. The van der Waals surface area contributed by atoms with Crippen molar-refractivity contribution in [2.24, 2.45) is 0 Å². The first-order valence-electron chi connectivity index (χ1n) is 12.6. The molecule has 1 amide bonds.